The fraction of sp³-hybridized carbons (Fsp3) is 0.500. The molecule has 0 aromatic heterocycles. The normalized spacial score (nSPS) is 11.6. The zero-order valence-electron chi connectivity index (χ0n) is 9.93. The van der Waals surface area contributed by atoms with Gasteiger partial charge in [0.05, 0.1) is 0 Å². The summed E-state index contributed by atoms with van der Waals surface area (Å²) in [6, 6.07) is 0. The second-order valence-corrected chi connectivity index (χ2v) is 3.00. The summed E-state index contributed by atoms with van der Waals surface area (Å²) in [6.45, 7) is 0. The van der Waals surface area contributed by atoms with Crippen LogP contribution in [0, 0.1) is 0 Å². The number of hydrogen-bond donors (Lipinski definition) is 4. The van der Waals surface area contributed by atoms with E-state index in [0.29, 0.717) is 0 Å². The quantitative estimate of drug-likeness (QED) is 0.199. The SMILES string of the molecule is O=C([O-])CC(O)C(=O)OO.O=C([O-])CC(O)C(=O)OO.[Cu+2]. The number of aliphatic carboxylic acids is 2. The van der Waals surface area contributed by atoms with E-state index in [2.05, 4.69) is 9.78 Å². The minimum Gasteiger partial charge on any atom is -0.550 e. The maximum atomic E-state index is 10.0. The van der Waals surface area contributed by atoms with E-state index in [-0.39, 0.29) is 17.1 Å². The van der Waals surface area contributed by atoms with Crippen molar-refractivity contribution in [2.45, 2.75) is 25.0 Å². The molecule has 2 unspecified atom stereocenters. The first kappa shape index (κ1) is 24.3. The van der Waals surface area contributed by atoms with Crippen molar-refractivity contribution < 1.29 is 77.0 Å². The number of carbonyl (C=O) groups is 4. The minimum atomic E-state index is -1.87. The van der Waals surface area contributed by atoms with Crippen molar-refractivity contribution in [2.24, 2.45) is 0 Å². The molecule has 0 aliphatic rings. The molecule has 0 aromatic carbocycles. The number of rotatable bonds is 6. The molecule has 0 saturated heterocycles. The van der Waals surface area contributed by atoms with E-state index in [1.807, 2.05) is 0 Å². The number of hydrogen-bond acceptors (Lipinski definition) is 12. The van der Waals surface area contributed by atoms with Crippen LogP contribution in [-0.4, -0.2) is 56.8 Å². The number of carboxylic acid groups (broad SMARTS) is 2. The summed E-state index contributed by atoms with van der Waals surface area (Å²) in [6.07, 6.45) is -5.51. The van der Waals surface area contributed by atoms with E-state index in [0.717, 1.165) is 0 Å². The maximum absolute atomic E-state index is 10.0. The zero-order chi connectivity index (χ0) is 16.3. The molecule has 0 aliphatic heterocycles. The van der Waals surface area contributed by atoms with E-state index < -0.39 is 48.9 Å². The summed E-state index contributed by atoms with van der Waals surface area (Å²) in [7, 11) is 0. The van der Waals surface area contributed by atoms with Crippen LogP contribution < -0.4 is 10.2 Å². The van der Waals surface area contributed by atoms with Gasteiger partial charge in [-0.25, -0.2) is 9.59 Å². The first-order valence-electron chi connectivity index (χ1n) is 4.62. The maximum Gasteiger partial charge on any atom is 2.00 e. The van der Waals surface area contributed by atoms with Gasteiger partial charge < -0.3 is 30.0 Å². The van der Waals surface area contributed by atoms with Gasteiger partial charge in [-0.1, -0.05) is 0 Å². The minimum absolute atomic E-state index is 0. The third-order valence-electron chi connectivity index (χ3n) is 1.44. The zero-order valence-corrected chi connectivity index (χ0v) is 10.9. The van der Waals surface area contributed by atoms with E-state index >= 15 is 0 Å². The van der Waals surface area contributed by atoms with E-state index in [1.165, 1.54) is 0 Å². The summed E-state index contributed by atoms with van der Waals surface area (Å²) >= 11 is 0. The van der Waals surface area contributed by atoms with Crippen molar-refractivity contribution in [2.75, 3.05) is 0 Å². The summed E-state index contributed by atoms with van der Waals surface area (Å²) in [5.41, 5.74) is 0. The Morgan fingerprint density at radius 3 is 1.19 bits per heavy atom. The molecule has 0 spiro atoms. The monoisotopic (exact) mass is 361 g/mol. The predicted octanol–water partition coefficient (Wildman–Crippen LogP) is -5.00. The number of aliphatic hydroxyl groups excluding tert-OH is 2. The number of carbonyl (C=O) groups excluding carboxylic acids is 4. The van der Waals surface area contributed by atoms with Gasteiger partial charge in [0.15, 0.2) is 12.2 Å². The van der Waals surface area contributed by atoms with Gasteiger partial charge in [-0.2, -0.15) is 10.5 Å². The molecule has 12 nitrogen and oxygen atoms in total. The van der Waals surface area contributed by atoms with Crippen LogP contribution in [-0.2, 0) is 46.0 Å². The first-order chi connectivity index (χ1) is 9.15. The summed E-state index contributed by atoms with van der Waals surface area (Å²) in [5.74, 6) is -6.02. The Kier molecular flexibility index (Phi) is 15.3. The smallest absolute Gasteiger partial charge is 0.550 e. The predicted molar refractivity (Wildman–Crippen MR) is 48.7 cm³/mol. The molecule has 13 heteroatoms. The molecule has 0 aliphatic carbocycles. The fourth-order valence-electron chi connectivity index (χ4n) is 0.604. The van der Waals surface area contributed by atoms with Gasteiger partial charge >= 0.3 is 29.0 Å². The van der Waals surface area contributed by atoms with Gasteiger partial charge in [0, 0.05) is 24.8 Å². The van der Waals surface area contributed by atoms with Gasteiger partial charge in [-0.15, -0.1) is 0 Å². The third-order valence-corrected chi connectivity index (χ3v) is 1.44. The molecule has 0 fully saturated rings. The van der Waals surface area contributed by atoms with Gasteiger partial charge in [-0.3, -0.25) is 9.78 Å². The Hall–Kier alpha value is -1.76. The topological polar surface area (TPSA) is 214 Å². The van der Waals surface area contributed by atoms with E-state index in [4.69, 9.17) is 20.7 Å². The summed E-state index contributed by atoms with van der Waals surface area (Å²) in [4.78, 5) is 45.5. The van der Waals surface area contributed by atoms with Crippen LogP contribution in [0.3, 0.4) is 0 Å². The van der Waals surface area contributed by atoms with Crippen LogP contribution >= 0.6 is 0 Å². The molecule has 0 bridgehead atoms. The largest absolute Gasteiger partial charge is 2.00 e. The Bertz CT molecular complexity index is 321. The number of aliphatic hydroxyl groups is 2. The second-order valence-electron chi connectivity index (χ2n) is 3.00. The molecule has 21 heavy (non-hydrogen) atoms. The van der Waals surface area contributed by atoms with Gasteiger partial charge in [0.2, 0.25) is 0 Å². The number of carboxylic acids is 2. The standard InChI is InChI=1S/2C4H6O6.Cu/c2*5-2(1-3(6)7)4(8)10-9;/h2*2,5,9H,1H2,(H,6,7);/q;;+2/p-2. The molecular formula is C8H10CuO12. The third kappa shape index (κ3) is 14.5. The van der Waals surface area contributed by atoms with Gasteiger partial charge in [0.1, 0.15) is 0 Å². The van der Waals surface area contributed by atoms with Gasteiger partial charge in [-0.05, 0) is 0 Å². The van der Waals surface area contributed by atoms with Crippen LogP contribution in [0.4, 0.5) is 0 Å². The molecule has 4 N–H and O–H groups in total. The average Bonchev–Trinajstić information content (AvgIpc) is 2.35. The molecule has 0 rings (SSSR count). The fourth-order valence-corrected chi connectivity index (χ4v) is 0.604. The van der Waals surface area contributed by atoms with E-state index in [1.54, 1.807) is 0 Å². The summed E-state index contributed by atoms with van der Waals surface area (Å²) < 4.78 is 0. The van der Waals surface area contributed by atoms with Crippen molar-refractivity contribution in [1.82, 2.24) is 0 Å². The first-order valence-corrected chi connectivity index (χ1v) is 4.62. The molecule has 0 saturated carbocycles. The molecule has 0 amide bonds. The second kappa shape index (κ2) is 13.2. The molecule has 0 heterocycles. The average molecular weight is 362 g/mol. The van der Waals surface area contributed by atoms with Crippen molar-refractivity contribution >= 4 is 23.9 Å². The van der Waals surface area contributed by atoms with Crippen LogP contribution in [0.15, 0.2) is 0 Å². The Balaban J connectivity index is -0.000000295. The molecule has 2 atom stereocenters. The van der Waals surface area contributed by atoms with Gasteiger partial charge in [0.25, 0.3) is 0 Å². The van der Waals surface area contributed by atoms with Crippen LogP contribution in [0.25, 0.3) is 0 Å². The molecule has 1 radical (unpaired) electrons. The van der Waals surface area contributed by atoms with Crippen LogP contribution in [0.5, 0.6) is 0 Å². The van der Waals surface area contributed by atoms with Crippen LogP contribution in [0.2, 0.25) is 0 Å². The van der Waals surface area contributed by atoms with Crippen molar-refractivity contribution in [3.05, 3.63) is 0 Å². The Morgan fingerprint density at radius 1 is 0.810 bits per heavy atom. The Labute approximate surface area is 126 Å². The van der Waals surface area contributed by atoms with Crippen molar-refractivity contribution in [3.63, 3.8) is 0 Å². The van der Waals surface area contributed by atoms with Crippen molar-refractivity contribution in [1.29, 1.82) is 0 Å². The molecule has 0 aromatic rings. The summed E-state index contributed by atoms with van der Waals surface area (Å²) in [5, 5.41) is 51.4. The van der Waals surface area contributed by atoms with Crippen molar-refractivity contribution in [3.8, 4) is 0 Å². The molecule has 125 valence electrons. The van der Waals surface area contributed by atoms with Crippen LogP contribution in [0.1, 0.15) is 12.8 Å². The van der Waals surface area contributed by atoms with E-state index in [9.17, 15) is 29.4 Å². The molecular weight excluding hydrogens is 352 g/mol. The Morgan fingerprint density at radius 2 is 1.05 bits per heavy atom.